The van der Waals surface area contributed by atoms with Crippen molar-refractivity contribution >= 4 is 35.1 Å². The highest BCUT2D eigenvalue weighted by Crippen LogP contribution is 2.34. The number of nitrogens with one attached hydrogen (secondary N) is 2. The van der Waals surface area contributed by atoms with E-state index >= 15 is 0 Å². The Morgan fingerprint density at radius 3 is 2.61 bits per heavy atom. The molecular weight excluding hydrogens is 459 g/mol. The zero-order valence-electron chi connectivity index (χ0n) is 18.5. The third-order valence-corrected chi connectivity index (χ3v) is 5.47. The minimum absolute atomic E-state index is 0.0907. The molecule has 33 heavy (non-hydrogen) atoms. The Morgan fingerprint density at radius 1 is 1.24 bits per heavy atom. The second-order valence-electron chi connectivity index (χ2n) is 8.31. The van der Waals surface area contributed by atoms with Crippen LogP contribution in [0.5, 0.6) is 0 Å². The Kier molecular flexibility index (Phi) is 7.46. The molecule has 1 aliphatic heterocycles. The van der Waals surface area contributed by atoms with Crippen LogP contribution in [0.1, 0.15) is 48.3 Å². The Labute approximate surface area is 194 Å². The maximum Gasteiger partial charge on any atom is 0.417 e. The Bertz CT molecular complexity index is 1050. The molecule has 1 fully saturated rings. The number of hydrogen-bond acceptors (Lipinski definition) is 5. The molecule has 1 unspecified atom stereocenters. The van der Waals surface area contributed by atoms with Crippen LogP contribution in [0.3, 0.4) is 0 Å². The van der Waals surface area contributed by atoms with Gasteiger partial charge in [-0.1, -0.05) is 25.4 Å². The predicted octanol–water partition coefficient (Wildman–Crippen LogP) is 4.45. The highest BCUT2D eigenvalue weighted by Gasteiger charge is 2.32. The number of carbonyl (C=O) groups is 2. The van der Waals surface area contributed by atoms with Crippen molar-refractivity contribution in [2.75, 3.05) is 23.3 Å². The average molecular weight is 484 g/mol. The van der Waals surface area contributed by atoms with Crippen LogP contribution >= 0.6 is 11.6 Å². The molecule has 7 nitrogen and oxygen atoms in total. The Hall–Kier alpha value is -2.88. The van der Waals surface area contributed by atoms with Gasteiger partial charge in [-0.15, -0.1) is 0 Å². The number of alkyl halides is 3. The zero-order valence-corrected chi connectivity index (χ0v) is 19.2. The molecule has 178 valence electrons. The van der Waals surface area contributed by atoms with Crippen LogP contribution in [0.15, 0.2) is 24.4 Å². The third kappa shape index (κ3) is 6.34. The van der Waals surface area contributed by atoms with Crippen molar-refractivity contribution in [2.45, 2.75) is 45.8 Å². The van der Waals surface area contributed by atoms with Crippen molar-refractivity contribution < 1.29 is 22.8 Å². The summed E-state index contributed by atoms with van der Waals surface area (Å²) < 4.78 is 38.7. The summed E-state index contributed by atoms with van der Waals surface area (Å²) in [6.45, 7) is 6.15. The Balaban J connectivity index is 1.70. The highest BCUT2D eigenvalue weighted by molar-refractivity contribution is 6.33. The van der Waals surface area contributed by atoms with Gasteiger partial charge in [0.15, 0.2) is 0 Å². The number of amides is 2. The van der Waals surface area contributed by atoms with Gasteiger partial charge in [-0.2, -0.15) is 13.2 Å². The van der Waals surface area contributed by atoms with Gasteiger partial charge in [-0.25, -0.2) is 9.97 Å². The first kappa shape index (κ1) is 24.8. The summed E-state index contributed by atoms with van der Waals surface area (Å²) in [5, 5.41) is 5.55. The number of hydrogen-bond donors (Lipinski definition) is 2. The maximum atomic E-state index is 12.9. The van der Waals surface area contributed by atoms with Gasteiger partial charge in [0.2, 0.25) is 5.91 Å². The highest BCUT2D eigenvalue weighted by atomic mass is 35.5. The van der Waals surface area contributed by atoms with Crippen molar-refractivity contribution in [1.29, 1.82) is 0 Å². The molecule has 3 heterocycles. The van der Waals surface area contributed by atoms with E-state index in [1.807, 2.05) is 0 Å². The first-order chi connectivity index (χ1) is 15.4. The van der Waals surface area contributed by atoms with Gasteiger partial charge in [0.25, 0.3) is 5.91 Å². The lowest BCUT2D eigenvalue weighted by atomic mass is 10.0. The molecule has 0 saturated carbocycles. The van der Waals surface area contributed by atoms with E-state index in [1.165, 1.54) is 6.07 Å². The molecule has 2 amide bonds. The van der Waals surface area contributed by atoms with Gasteiger partial charge in [0.05, 0.1) is 10.6 Å². The summed E-state index contributed by atoms with van der Waals surface area (Å²) in [7, 11) is 0. The van der Waals surface area contributed by atoms with E-state index in [-0.39, 0.29) is 34.6 Å². The van der Waals surface area contributed by atoms with E-state index < -0.39 is 11.7 Å². The molecule has 3 rings (SSSR count). The number of halogens is 4. The molecule has 1 atom stereocenters. The van der Waals surface area contributed by atoms with E-state index in [0.29, 0.717) is 43.0 Å². The molecule has 0 spiro atoms. The van der Waals surface area contributed by atoms with Crippen molar-refractivity contribution in [1.82, 2.24) is 15.3 Å². The molecular formula is C22H25ClF3N5O2. The molecule has 0 aromatic carbocycles. The normalized spacial score (nSPS) is 16.6. The molecule has 0 bridgehead atoms. The fourth-order valence-corrected chi connectivity index (χ4v) is 3.79. The number of anilines is 2. The molecule has 1 saturated heterocycles. The van der Waals surface area contributed by atoms with Crippen molar-refractivity contribution in [2.24, 2.45) is 5.92 Å². The third-order valence-electron chi connectivity index (χ3n) is 5.20. The summed E-state index contributed by atoms with van der Waals surface area (Å²) in [6, 6.07) is 3.74. The number of aryl methyl sites for hydroxylation is 1. The van der Waals surface area contributed by atoms with Gasteiger partial charge in [0.1, 0.15) is 11.6 Å². The van der Waals surface area contributed by atoms with Gasteiger partial charge < -0.3 is 15.5 Å². The van der Waals surface area contributed by atoms with Crippen LogP contribution in [-0.2, 0) is 11.0 Å². The lowest BCUT2D eigenvalue weighted by Gasteiger charge is -2.34. The number of pyridine rings is 2. The lowest BCUT2D eigenvalue weighted by Crippen LogP contribution is -2.48. The van der Waals surface area contributed by atoms with Gasteiger partial charge in [-0.3, -0.25) is 9.59 Å². The van der Waals surface area contributed by atoms with Gasteiger partial charge in [0, 0.05) is 42.5 Å². The van der Waals surface area contributed by atoms with Crippen LogP contribution in [0.2, 0.25) is 5.02 Å². The second-order valence-corrected chi connectivity index (χ2v) is 8.72. The van der Waals surface area contributed by atoms with Crippen LogP contribution in [0, 0.1) is 12.8 Å². The number of rotatable bonds is 5. The Morgan fingerprint density at radius 2 is 1.97 bits per heavy atom. The maximum absolute atomic E-state index is 12.9. The second kappa shape index (κ2) is 9.94. The van der Waals surface area contributed by atoms with Crippen molar-refractivity contribution in [3.05, 3.63) is 46.2 Å². The van der Waals surface area contributed by atoms with Crippen molar-refractivity contribution in [3.63, 3.8) is 0 Å². The van der Waals surface area contributed by atoms with Crippen LogP contribution in [0.25, 0.3) is 0 Å². The molecule has 0 radical (unpaired) electrons. The van der Waals surface area contributed by atoms with E-state index in [4.69, 9.17) is 11.6 Å². The molecule has 0 aliphatic carbocycles. The van der Waals surface area contributed by atoms with E-state index in [9.17, 15) is 22.8 Å². The lowest BCUT2D eigenvalue weighted by molar-refractivity contribution is -0.137. The summed E-state index contributed by atoms with van der Waals surface area (Å²) in [5.41, 5.74) is 0.0172. The average Bonchev–Trinajstić information content (AvgIpc) is 2.72. The van der Waals surface area contributed by atoms with Crippen molar-refractivity contribution in [3.8, 4) is 0 Å². The fourth-order valence-electron chi connectivity index (χ4n) is 3.51. The van der Waals surface area contributed by atoms with Gasteiger partial charge >= 0.3 is 6.18 Å². The quantitative estimate of drug-likeness (QED) is 0.656. The van der Waals surface area contributed by atoms with E-state index in [0.717, 1.165) is 12.3 Å². The molecule has 2 aromatic rings. The monoisotopic (exact) mass is 483 g/mol. The molecule has 11 heteroatoms. The smallest absolute Gasteiger partial charge is 0.353 e. The van der Waals surface area contributed by atoms with Crippen LogP contribution in [-0.4, -0.2) is 40.9 Å². The number of aromatic nitrogens is 2. The van der Waals surface area contributed by atoms with Crippen LogP contribution < -0.4 is 15.5 Å². The molecule has 2 N–H and O–H groups in total. The summed E-state index contributed by atoms with van der Waals surface area (Å²) in [6.07, 6.45) is -2.36. The van der Waals surface area contributed by atoms with Crippen LogP contribution in [0.4, 0.5) is 24.8 Å². The first-order valence-corrected chi connectivity index (χ1v) is 10.9. The molecule has 2 aromatic heterocycles. The molecule has 1 aliphatic rings. The fraction of sp³-hybridized carbons (Fsp3) is 0.455. The van der Waals surface area contributed by atoms with E-state index in [2.05, 4.69) is 20.6 Å². The minimum atomic E-state index is -4.52. The summed E-state index contributed by atoms with van der Waals surface area (Å²) in [4.78, 5) is 34.8. The number of carbonyl (C=O) groups excluding carboxylic acids is 2. The van der Waals surface area contributed by atoms with Gasteiger partial charge in [-0.05, 0) is 38.0 Å². The van der Waals surface area contributed by atoms with E-state index in [1.54, 1.807) is 31.7 Å². The summed E-state index contributed by atoms with van der Waals surface area (Å²) in [5.74, 6) is -0.225. The first-order valence-electron chi connectivity index (χ1n) is 10.5. The topological polar surface area (TPSA) is 87.2 Å². The standard InChI is InChI=1S/C22H25ClF3N5O2/c1-12(2)20(32)30-18-8-14(7-13(3)28-18)21(33)29-16-5-4-6-31(11-16)19-17(23)9-15(10-27-19)22(24,25)26/h7-10,12,16H,4-6,11H2,1-3H3,(H,29,33)(H,28,30,32). The number of piperidine rings is 1. The SMILES string of the molecule is Cc1cc(C(=O)NC2CCCN(c3ncc(C(F)(F)F)cc3Cl)C2)cc(NC(=O)C(C)C)n1. The minimum Gasteiger partial charge on any atom is -0.353 e. The largest absolute Gasteiger partial charge is 0.417 e. The zero-order chi connectivity index (χ0) is 24.3. The number of nitrogens with zero attached hydrogens (tertiary/aromatic N) is 3. The summed E-state index contributed by atoms with van der Waals surface area (Å²) >= 11 is 6.08. The predicted molar refractivity (Wildman–Crippen MR) is 119 cm³/mol.